The molecule has 146 valence electrons. The van der Waals surface area contributed by atoms with Gasteiger partial charge in [-0.1, -0.05) is 28.1 Å². The standard InChI is InChI=1S/C22H29BrN2O2/c1-27-19-5-3-2-4-18(19)24-6-8-25(9-7-24)20(26)21-11-16-10-17(12-21)14-22(23,13-16)15-21/h2-5,16-17H,6-15H2,1H3. The number of halogens is 1. The Hall–Kier alpha value is -1.23. The molecular formula is C22H29BrN2O2. The summed E-state index contributed by atoms with van der Waals surface area (Å²) in [4.78, 5) is 18.1. The summed E-state index contributed by atoms with van der Waals surface area (Å²) < 4.78 is 5.76. The fraction of sp³-hybridized carbons (Fsp3) is 0.682. The van der Waals surface area contributed by atoms with Crippen molar-refractivity contribution < 1.29 is 9.53 Å². The molecule has 2 unspecified atom stereocenters. The maximum atomic E-state index is 13.6. The zero-order valence-corrected chi connectivity index (χ0v) is 17.7. The third-order valence-corrected chi connectivity index (χ3v) is 8.36. The Balaban J connectivity index is 1.29. The molecule has 2 atom stereocenters. The number of carbonyl (C=O) groups excluding carboxylic acids is 1. The number of rotatable bonds is 3. The minimum atomic E-state index is -0.0831. The minimum Gasteiger partial charge on any atom is -0.495 e. The monoisotopic (exact) mass is 432 g/mol. The highest BCUT2D eigenvalue weighted by Crippen LogP contribution is 2.64. The normalized spacial score (nSPS) is 37.6. The van der Waals surface area contributed by atoms with Crippen molar-refractivity contribution >= 4 is 27.5 Å². The lowest BCUT2D eigenvalue weighted by Crippen LogP contribution is -2.61. The molecular weight excluding hydrogens is 404 g/mol. The first-order valence-electron chi connectivity index (χ1n) is 10.4. The van der Waals surface area contributed by atoms with E-state index in [1.807, 2.05) is 12.1 Å². The van der Waals surface area contributed by atoms with Crippen LogP contribution in [0.5, 0.6) is 5.75 Å². The first kappa shape index (κ1) is 17.8. The van der Waals surface area contributed by atoms with E-state index in [2.05, 4.69) is 37.9 Å². The highest BCUT2D eigenvalue weighted by Gasteiger charge is 2.60. The number of nitrogens with zero attached hydrogens (tertiary/aromatic N) is 2. The number of hydrogen-bond donors (Lipinski definition) is 0. The fourth-order valence-corrected chi connectivity index (χ4v) is 8.23. The Bertz CT molecular complexity index is 730. The lowest BCUT2D eigenvalue weighted by atomic mass is 9.49. The summed E-state index contributed by atoms with van der Waals surface area (Å²) in [7, 11) is 1.72. The number of carbonyl (C=O) groups is 1. The third-order valence-electron chi connectivity index (χ3n) is 7.44. The van der Waals surface area contributed by atoms with E-state index in [0.717, 1.165) is 68.7 Å². The van der Waals surface area contributed by atoms with Crippen molar-refractivity contribution in [3.63, 3.8) is 0 Å². The molecule has 4 nitrogen and oxygen atoms in total. The van der Waals surface area contributed by atoms with Crippen molar-refractivity contribution in [1.29, 1.82) is 0 Å². The van der Waals surface area contributed by atoms with Crippen LogP contribution < -0.4 is 9.64 Å². The Morgan fingerprint density at radius 2 is 1.74 bits per heavy atom. The van der Waals surface area contributed by atoms with Gasteiger partial charge in [-0.15, -0.1) is 0 Å². The topological polar surface area (TPSA) is 32.8 Å². The van der Waals surface area contributed by atoms with Gasteiger partial charge in [-0.25, -0.2) is 0 Å². The predicted octanol–water partition coefficient (Wildman–Crippen LogP) is 4.08. The van der Waals surface area contributed by atoms with Gasteiger partial charge in [0.25, 0.3) is 0 Å². The van der Waals surface area contributed by atoms with Crippen molar-refractivity contribution in [2.75, 3.05) is 38.2 Å². The summed E-state index contributed by atoms with van der Waals surface area (Å²) in [5.74, 6) is 2.87. The summed E-state index contributed by atoms with van der Waals surface area (Å²) in [5.41, 5.74) is 1.06. The first-order chi connectivity index (χ1) is 13.0. The van der Waals surface area contributed by atoms with Crippen LogP contribution in [-0.4, -0.2) is 48.4 Å². The van der Waals surface area contributed by atoms with Gasteiger partial charge in [0.15, 0.2) is 0 Å². The van der Waals surface area contributed by atoms with Gasteiger partial charge in [-0.3, -0.25) is 4.79 Å². The van der Waals surface area contributed by atoms with Gasteiger partial charge in [0.05, 0.1) is 18.2 Å². The Labute approximate surface area is 170 Å². The largest absolute Gasteiger partial charge is 0.495 e. The van der Waals surface area contributed by atoms with E-state index >= 15 is 0 Å². The van der Waals surface area contributed by atoms with E-state index in [-0.39, 0.29) is 9.74 Å². The molecule has 4 saturated carbocycles. The van der Waals surface area contributed by atoms with Crippen LogP contribution in [-0.2, 0) is 4.79 Å². The van der Waals surface area contributed by atoms with E-state index in [0.29, 0.717) is 5.91 Å². The van der Waals surface area contributed by atoms with Crippen LogP contribution in [0.4, 0.5) is 5.69 Å². The minimum absolute atomic E-state index is 0.0831. The SMILES string of the molecule is COc1ccccc1N1CCN(C(=O)C23CC4CC(CC(Br)(C4)C2)C3)CC1. The molecule has 1 amide bonds. The zero-order valence-electron chi connectivity index (χ0n) is 16.1. The van der Waals surface area contributed by atoms with Crippen LogP contribution in [0.25, 0.3) is 0 Å². The molecule has 0 spiro atoms. The molecule has 6 rings (SSSR count). The number of amides is 1. The first-order valence-corrected chi connectivity index (χ1v) is 11.2. The second-order valence-corrected chi connectivity index (χ2v) is 11.0. The third kappa shape index (κ3) is 2.97. The number of alkyl halides is 1. The Kier molecular flexibility index (Phi) is 4.23. The average molecular weight is 433 g/mol. The Morgan fingerprint density at radius 1 is 1.07 bits per heavy atom. The van der Waals surface area contributed by atoms with E-state index in [1.165, 1.54) is 19.3 Å². The van der Waals surface area contributed by atoms with E-state index in [4.69, 9.17) is 4.74 Å². The molecule has 1 aliphatic heterocycles. The molecule has 4 bridgehead atoms. The average Bonchev–Trinajstić information content (AvgIpc) is 2.65. The number of piperazine rings is 1. The summed E-state index contributed by atoms with van der Waals surface area (Å²) in [6.45, 7) is 3.41. The van der Waals surface area contributed by atoms with Gasteiger partial charge in [-0.2, -0.15) is 0 Å². The maximum absolute atomic E-state index is 13.6. The van der Waals surface area contributed by atoms with Crippen LogP contribution in [0, 0.1) is 17.3 Å². The Morgan fingerprint density at radius 3 is 2.37 bits per heavy atom. The van der Waals surface area contributed by atoms with E-state index < -0.39 is 0 Å². The molecule has 1 aromatic rings. The molecule has 5 fully saturated rings. The molecule has 1 heterocycles. The van der Waals surface area contributed by atoms with Crippen molar-refractivity contribution in [3.05, 3.63) is 24.3 Å². The zero-order chi connectivity index (χ0) is 18.6. The number of methoxy groups -OCH3 is 1. The summed E-state index contributed by atoms with van der Waals surface area (Å²) in [6, 6.07) is 8.19. The van der Waals surface area contributed by atoms with Gasteiger partial charge in [0.2, 0.25) is 5.91 Å². The second kappa shape index (κ2) is 6.40. The molecule has 1 aromatic carbocycles. The van der Waals surface area contributed by atoms with Crippen molar-refractivity contribution in [2.45, 2.75) is 42.8 Å². The number of anilines is 1. The predicted molar refractivity (Wildman–Crippen MR) is 111 cm³/mol. The van der Waals surface area contributed by atoms with Gasteiger partial charge in [0, 0.05) is 30.5 Å². The number of benzene rings is 1. The van der Waals surface area contributed by atoms with Crippen molar-refractivity contribution in [2.24, 2.45) is 17.3 Å². The molecule has 0 radical (unpaired) electrons. The number of hydrogen-bond acceptors (Lipinski definition) is 3. The molecule has 27 heavy (non-hydrogen) atoms. The summed E-state index contributed by atoms with van der Waals surface area (Å²) in [5, 5.41) is 0. The number of ether oxygens (including phenoxy) is 1. The smallest absolute Gasteiger partial charge is 0.228 e. The summed E-state index contributed by atoms with van der Waals surface area (Å²) in [6.07, 6.45) is 7.22. The van der Waals surface area contributed by atoms with Crippen LogP contribution in [0.1, 0.15) is 38.5 Å². The second-order valence-electron chi connectivity index (χ2n) is 9.34. The van der Waals surface area contributed by atoms with Crippen LogP contribution in [0.2, 0.25) is 0 Å². The molecule has 5 heteroatoms. The molecule has 0 aromatic heterocycles. The van der Waals surface area contributed by atoms with E-state index in [1.54, 1.807) is 7.11 Å². The van der Waals surface area contributed by atoms with Gasteiger partial charge in [-0.05, 0) is 62.5 Å². The fourth-order valence-electron chi connectivity index (χ4n) is 6.78. The quantitative estimate of drug-likeness (QED) is 0.674. The molecule has 4 aliphatic carbocycles. The van der Waals surface area contributed by atoms with Gasteiger partial charge in [0.1, 0.15) is 5.75 Å². The van der Waals surface area contributed by atoms with Crippen LogP contribution >= 0.6 is 15.9 Å². The number of para-hydroxylation sites is 2. The molecule has 1 saturated heterocycles. The highest BCUT2D eigenvalue weighted by atomic mass is 79.9. The van der Waals surface area contributed by atoms with E-state index in [9.17, 15) is 4.79 Å². The van der Waals surface area contributed by atoms with Crippen LogP contribution in [0.3, 0.4) is 0 Å². The highest BCUT2D eigenvalue weighted by molar-refractivity contribution is 9.10. The maximum Gasteiger partial charge on any atom is 0.228 e. The van der Waals surface area contributed by atoms with Crippen molar-refractivity contribution in [1.82, 2.24) is 4.90 Å². The summed E-state index contributed by atoms with van der Waals surface area (Å²) >= 11 is 4.05. The van der Waals surface area contributed by atoms with Crippen LogP contribution in [0.15, 0.2) is 24.3 Å². The van der Waals surface area contributed by atoms with Gasteiger partial charge < -0.3 is 14.5 Å². The lowest BCUT2D eigenvalue weighted by Gasteiger charge is -2.60. The molecule has 5 aliphatic rings. The lowest BCUT2D eigenvalue weighted by molar-refractivity contribution is -0.155. The van der Waals surface area contributed by atoms with Gasteiger partial charge >= 0.3 is 0 Å². The van der Waals surface area contributed by atoms with Crippen molar-refractivity contribution in [3.8, 4) is 5.75 Å². The molecule has 0 N–H and O–H groups in total.